The minimum absolute atomic E-state index is 0.0275. The van der Waals surface area contributed by atoms with Crippen LogP contribution in [0.4, 0.5) is 0 Å². The molecule has 84 valence electrons. The van der Waals surface area contributed by atoms with Crippen LogP contribution in [0.15, 0.2) is 0 Å². The summed E-state index contributed by atoms with van der Waals surface area (Å²) in [6.07, 6.45) is 0.967. The van der Waals surface area contributed by atoms with E-state index in [2.05, 4.69) is 5.32 Å². The van der Waals surface area contributed by atoms with E-state index < -0.39 is 0 Å². The molecule has 0 spiro atoms. The first-order valence-electron chi connectivity index (χ1n) is 5.36. The zero-order valence-corrected chi connectivity index (χ0v) is 9.68. The Morgan fingerprint density at radius 2 is 2.40 bits per heavy atom. The summed E-state index contributed by atoms with van der Waals surface area (Å²) < 4.78 is 0. The molecule has 2 atom stereocenters. The Balaban J connectivity index is 2.01. The molecule has 0 bridgehead atoms. The van der Waals surface area contributed by atoms with E-state index in [1.165, 1.54) is 0 Å². The van der Waals surface area contributed by atoms with Crippen molar-refractivity contribution >= 4 is 23.6 Å². The van der Waals surface area contributed by atoms with Crippen molar-refractivity contribution < 1.29 is 9.59 Å². The van der Waals surface area contributed by atoms with Gasteiger partial charge in [-0.25, -0.2) is 0 Å². The van der Waals surface area contributed by atoms with Crippen molar-refractivity contribution in [2.45, 2.75) is 19.4 Å². The molecule has 2 aliphatic rings. The van der Waals surface area contributed by atoms with Gasteiger partial charge in [0, 0.05) is 24.8 Å². The Labute approximate surface area is 93.8 Å². The van der Waals surface area contributed by atoms with Gasteiger partial charge >= 0.3 is 0 Å². The molecule has 4 nitrogen and oxygen atoms in total. The summed E-state index contributed by atoms with van der Waals surface area (Å²) in [5.41, 5.74) is 0. The number of rotatable bonds is 1. The van der Waals surface area contributed by atoms with Crippen molar-refractivity contribution in [3.8, 4) is 0 Å². The number of piperazine rings is 1. The van der Waals surface area contributed by atoms with Gasteiger partial charge in [-0.05, 0) is 19.1 Å². The van der Waals surface area contributed by atoms with Crippen LogP contribution in [0, 0.1) is 5.92 Å². The lowest BCUT2D eigenvalue weighted by Crippen LogP contribution is -2.57. The van der Waals surface area contributed by atoms with E-state index in [9.17, 15) is 9.59 Å². The maximum Gasteiger partial charge on any atom is 0.242 e. The third-order valence-electron chi connectivity index (χ3n) is 3.06. The van der Waals surface area contributed by atoms with Crippen LogP contribution in [-0.4, -0.2) is 47.4 Å². The van der Waals surface area contributed by atoms with E-state index in [0.29, 0.717) is 13.1 Å². The van der Waals surface area contributed by atoms with Gasteiger partial charge in [0.25, 0.3) is 0 Å². The van der Waals surface area contributed by atoms with Gasteiger partial charge in [0.2, 0.25) is 11.8 Å². The number of thioether (sulfide) groups is 1. The van der Waals surface area contributed by atoms with Gasteiger partial charge in [0.05, 0.1) is 0 Å². The van der Waals surface area contributed by atoms with Gasteiger partial charge in [-0.3, -0.25) is 9.59 Å². The zero-order valence-electron chi connectivity index (χ0n) is 8.86. The highest BCUT2D eigenvalue weighted by atomic mass is 32.2. The number of hydrogen-bond acceptors (Lipinski definition) is 3. The second kappa shape index (κ2) is 4.43. The van der Waals surface area contributed by atoms with Gasteiger partial charge in [0.1, 0.15) is 6.04 Å². The van der Waals surface area contributed by atoms with Crippen molar-refractivity contribution in [2.75, 3.05) is 24.6 Å². The molecule has 1 N–H and O–H groups in total. The number of amides is 2. The van der Waals surface area contributed by atoms with Crippen LogP contribution in [0.3, 0.4) is 0 Å². The third kappa shape index (κ3) is 2.12. The molecule has 2 saturated heterocycles. The molecular formula is C10H16N2O2S. The standard InChI is InChI=1S/C10H16N2O2S/c1-7-9(13)11-3-4-12(7)10(14)8-2-5-15-6-8/h7-8H,2-6H2,1H3,(H,11,13). The van der Waals surface area contributed by atoms with Crippen LogP contribution in [-0.2, 0) is 9.59 Å². The van der Waals surface area contributed by atoms with Crippen LogP contribution in [0.2, 0.25) is 0 Å². The van der Waals surface area contributed by atoms with E-state index in [-0.39, 0.29) is 23.8 Å². The second-order valence-electron chi connectivity index (χ2n) is 4.06. The van der Waals surface area contributed by atoms with Crippen molar-refractivity contribution in [1.82, 2.24) is 10.2 Å². The summed E-state index contributed by atoms with van der Waals surface area (Å²) in [5, 5.41) is 2.77. The predicted octanol–water partition coefficient (Wildman–Crippen LogP) is 0.0864. The molecule has 0 aromatic rings. The summed E-state index contributed by atoms with van der Waals surface area (Å²) in [7, 11) is 0. The quantitative estimate of drug-likeness (QED) is 0.692. The number of nitrogens with zero attached hydrogens (tertiary/aromatic N) is 1. The highest BCUT2D eigenvalue weighted by molar-refractivity contribution is 7.99. The van der Waals surface area contributed by atoms with E-state index in [1.807, 2.05) is 11.8 Å². The first kappa shape index (κ1) is 10.8. The largest absolute Gasteiger partial charge is 0.353 e. The predicted molar refractivity (Wildman–Crippen MR) is 59.6 cm³/mol. The Morgan fingerprint density at radius 3 is 3.07 bits per heavy atom. The molecule has 0 aliphatic carbocycles. The van der Waals surface area contributed by atoms with Crippen molar-refractivity contribution in [3.63, 3.8) is 0 Å². The van der Waals surface area contributed by atoms with Crippen LogP contribution in [0.25, 0.3) is 0 Å². The molecule has 2 fully saturated rings. The van der Waals surface area contributed by atoms with Gasteiger partial charge in [0.15, 0.2) is 0 Å². The Hall–Kier alpha value is -0.710. The van der Waals surface area contributed by atoms with Crippen LogP contribution < -0.4 is 5.32 Å². The monoisotopic (exact) mass is 228 g/mol. The molecule has 2 amide bonds. The fourth-order valence-corrected chi connectivity index (χ4v) is 3.26. The van der Waals surface area contributed by atoms with Gasteiger partial charge < -0.3 is 10.2 Å². The molecule has 2 rings (SSSR count). The summed E-state index contributed by atoms with van der Waals surface area (Å²) in [6.45, 7) is 3.05. The number of carbonyl (C=O) groups is 2. The molecule has 2 aliphatic heterocycles. The maximum absolute atomic E-state index is 12.1. The molecule has 2 heterocycles. The minimum Gasteiger partial charge on any atom is -0.353 e. The lowest BCUT2D eigenvalue weighted by atomic mass is 10.1. The molecule has 2 unspecified atom stereocenters. The maximum atomic E-state index is 12.1. The van der Waals surface area contributed by atoms with Gasteiger partial charge in [-0.15, -0.1) is 0 Å². The van der Waals surface area contributed by atoms with Gasteiger partial charge in [-0.2, -0.15) is 11.8 Å². The molecule has 0 aromatic carbocycles. The average molecular weight is 228 g/mol. The lowest BCUT2D eigenvalue weighted by Gasteiger charge is -2.34. The van der Waals surface area contributed by atoms with E-state index >= 15 is 0 Å². The lowest BCUT2D eigenvalue weighted by molar-refractivity contribution is -0.144. The van der Waals surface area contributed by atoms with E-state index in [4.69, 9.17) is 0 Å². The highest BCUT2D eigenvalue weighted by Crippen LogP contribution is 2.26. The molecule has 15 heavy (non-hydrogen) atoms. The zero-order chi connectivity index (χ0) is 10.8. The number of carbonyl (C=O) groups excluding carboxylic acids is 2. The van der Waals surface area contributed by atoms with E-state index in [0.717, 1.165) is 17.9 Å². The average Bonchev–Trinajstić information content (AvgIpc) is 2.74. The summed E-state index contributed by atoms with van der Waals surface area (Å²) >= 11 is 1.83. The minimum atomic E-state index is -0.295. The second-order valence-corrected chi connectivity index (χ2v) is 5.21. The Morgan fingerprint density at radius 1 is 1.60 bits per heavy atom. The SMILES string of the molecule is CC1C(=O)NCCN1C(=O)C1CCSC1. The van der Waals surface area contributed by atoms with Crippen molar-refractivity contribution in [2.24, 2.45) is 5.92 Å². The molecule has 0 saturated carbocycles. The number of nitrogens with one attached hydrogen (secondary N) is 1. The normalized spacial score (nSPS) is 31.5. The van der Waals surface area contributed by atoms with Crippen LogP contribution in [0.5, 0.6) is 0 Å². The summed E-state index contributed by atoms with van der Waals surface area (Å²) in [6, 6.07) is -0.295. The molecular weight excluding hydrogens is 212 g/mol. The molecule has 0 aromatic heterocycles. The van der Waals surface area contributed by atoms with E-state index in [1.54, 1.807) is 11.8 Å². The van der Waals surface area contributed by atoms with Crippen LogP contribution in [0.1, 0.15) is 13.3 Å². The first-order chi connectivity index (χ1) is 7.20. The Bertz CT molecular complexity index is 277. The molecule has 0 radical (unpaired) electrons. The highest BCUT2D eigenvalue weighted by Gasteiger charge is 2.34. The topological polar surface area (TPSA) is 49.4 Å². The first-order valence-corrected chi connectivity index (χ1v) is 6.51. The fourth-order valence-electron chi connectivity index (χ4n) is 2.05. The smallest absolute Gasteiger partial charge is 0.242 e. The van der Waals surface area contributed by atoms with Crippen LogP contribution >= 0.6 is 11.8 Å². The summed E-state index contributed by atoms with van der Waals surface area (Å²) in [5.74, 6) is 2.28. The third-order valence-corrected chi connectivity index (χ3v) is 4.22. The summed E-state index contributed by atoms with van der Waals surface area (Å²) in [4.78, 5) is 25.2. The fraction of sp³-hybridized carbons (Fsp3) is 0.800. The van der Waals surface area contributed by atoms with Crippen molar-refractivity contribution in [3.05, 3.63) is 0 Å². The van der Waals surface area contributed by atoms with Crippen molar-refractivity contribution in [1.29, 1.82) is 0 Å². The van der Waals surface area contributed by atoms with Gasteiger partial charge in [-0.1, -0.05) is 0 Å². The number of hydrogen-bond donors (Lipinski definition) is 1. The Kier molecular flexibility index (Phi) is 3.19. The molecule has 5 heteroatoms.